The highest BCUT2D eigenvalue weighted by Crippen LogP contribution is 2.22. The Labute approximate surface area is 145 Å². The Morgan fingerprint density at radius 2 is 1.92 bits per heavy atom. The van der Waals surface area contributed by atoms with E-state index < -0.39 is 10.0 Å². The van der Waals surface area contributed by atoms with Crippen LogP contribution < -0.4 is 4.72 Å². The van der Waals surface area contributed by atoms with Gasteiger partial charge in [-0.1, -0.05) is 23.8 Å². The van der Waals surface area contributed by atoms with Gasteiger partial charge in [0.05, 0.1) is 5.69 Å². The van der Waals surface area contributed by atoms with Crippen molar-refractivity contribution in [2.75, 3.05) is 6.54 Å². The number of hydrogen-bond donors (Lipinski definition) is 1. The van der Waals surface area contributed by atoms with Crippen LogP contribution in [0.25, 0.3) is 11.5 Å². The molecule has 3 rings (SSSR count). The number of thiophene rings is 1. The summed E-state index contributed by atoms with van der Waals surface area (Å²) in [5.41, 5.74) is 2.85. The Hall–Kier alpha value is -1.96. The second-order valence-corrected chi connectivity index (χ2v) is 8.41. The fraction of sp³-hybridized carbons (Fsp3) is 0.235. The SMILES string of the molecule is Cc1ccc(-c2nc(CCNS(=O)(=O)c3cccs3)c(C)o2)cc1. The predicted octanol–water partition coefficient (Wildman–Crippen LogP) is 3.54. The van der Waals surface area contributed by atoms with Crippen LogP contribution in [0.2, 0.25) is 0 Å². The van der Waals surface area contributed by atoms with E-state index >= 15 is 0 Å². The van der Waals surface area contributed by atoms with Gasteiger partial charge >= 0.3 is 0 Å². The van der Waals surface area contributed by atoms with Gasteiger partial charge in [-0.05, 0) is 37.4 Å². The number of rotatable bonds is 6. The standard InChI is InChI=1S/C17H18N2O3S2/c1-12-5-7-14(8-6-12)17-19-15(13(2)22-17)9-10-18-24(20,21)16-4-3-11-23-16/h3-8,11,18H,9-10H2,1-2H3. The molecule has 0 bridgehead atoms. The fourth-order valence-electron chi connectivity index (χ4n) is 2.27. The molecule has 7 heteroatoms. The summed E-state index contributed by atoms with van der Waals surface area (Å²) in [6, 6.07) is 11.2. The normalized spacial score (nSPS) is 11.8. The van der Waals surface area contributed by atoms with Gasteiger partial charge in [-0.15, -0.1) is 11.3 Å². The third-order valence-electron chi connectivity index (χ3n) is 3.60. The van der Waals surface area contributed by atoms with Crippen molar-refractivity contribution < 1.29 is 12.8 Å². The first kappa shape index (κ1) is 16.9. The number of nitrogens with zero attached hydrogens (tertiary/aromatic N) is 1. The lowest BCUT2D eigenvalue weighted by Gasteiger charge is -2.03. The lowest BCUT2D eigenvalue weighted by atomic mass is 10.1. The van der Waals surface area contributed by atoms with Gasteiger partial charge in [0, 0.05) is 18.5 Å². The Morgan fingerprint density at radius 1 is 1.17 bits per heavy atom. The van der Waals surface area contributed by atoms with Gasteiger partial charge < -0.3 is 4.42 Å². The fourth-order valence-corrected chi connectivity index (χ4v) is 4.34. The van der Waals surface area contributed by atoms with Gasteiger partial charge in [0.15, 0.2) is 0 Å². The monoisotopic (exact) mass is 362 g/mol. The van der Waals surface area contributed by atoms with Gasteiger partial charge in [-0.25, -0.2) is 18.1 Å². The molecule has 0 unspecified atom stereocenters. The summed E-state index contributed by atoms with van der Waals surface area (Å²) in [6.45, 7) is 4.14. The van der Waals surface area contributed by atoms with Crippen molar-refractivity contribution in [1.82, 2.24) is 9.71 Å². The third kappa shape index (κ3) is 3.75. The van der Waals surface area contributed by atoms with Crippen molar-refractivity contribution in [3.05, 3.63) is 58.8 Å². The van der Waals surface area contributed by atoms with Crippen LogP contribution in [0.15, 0.2) is 50.4 Å². The van der Waals surface area contributed by atoms with E-state index in [2.05, 4.69) is 9.71 Å². The molecule has 0 fully saturated rings. The van der Waals surface area contributed by atoms with E-state index in [1.165, 1.54) is 16.9 Å². The highest BCUT2D eigenvalue weighted by Gasteiger charge is 2.16. The maximum atomic E-state index is 12.1. The predicted molar refractivity (Wildman–Crippen MR) is 94.6 cm³/mol. The third-order valence-corrected chi connectivity index (χ3v) is 6.46. The van der Waals surface area contributed by atoms with E-state index in [0.717, 1.165) is 11.3 Å². The first-order valence-electron chi connectivity index (χ1n) is 7.52. The highest BCUT2D eigenvalue weighted by molar-refractivity contribution is 7.91. The van der Waals surface area contributed by atoms with Crippen LogP contribution in [0.5, 0.6) is 0 Å². The molecule has 24 heavy (non-hydrogen) atoms. The van der Waals surface area contributed by atoms with Crippen molar-refractivity contribution in [3.63, 3.8) is 0 Å². The second-order valence-electron chi connectivity index (χ2n) is 5.47. The summed E-state index contributed by atoms with van der Waals surface area (Å²) in [6.07, 6.45) is 0.478. The van der Waals surface area contributed by atoms with Crippen molar-refractivity contribution in [3.8, 4) is 11.5 Å². The molecular weight excluding hydrogens is 344 g/mol. The molecule has 2 heterocycles. The van der Waals surface area contributed by atoms with Gasteiger partial charge in [0.1, 0.15) is 9.97 Å². The number of sulfonamides is 1. The smallest absolute Gasteiger partial charge is 0.250 e. The topological polar surface area (TPSA) is 72.2 Å². The van der Waals surface area contributed by atoms with Crippen LogP contribution in [0.3, 0.4) is 0 Å². The molecule has 0 aliphatic carbocycles. The van der Waals surface area contributed by atoms with Crippen molar-refractivity contribution in [2.45, 2.75) is 24.5 Å². The summed E-state index contributed by atoms with van der Waals surface area (Å²) < 4.78 is 32.8. The molecule has 0 aliphatic rings. The molecule has 2 aromatic heterocycles. The molecule has 3 aromatic rings. The molecular formula is C17H18N2O3S2. The average Bonchev–Trinajstić information content (AvgIpc) is 3.19. The molecule has 5 nitrogen and oxygen atoms in total. The molecule has 126 valence electrons. The van der Waals surface area contributed by atoms with Gasteiger partial charge in [0.2, 0.25) is 15.9 Å². The van der Waals surface area contributed by atoms with Crippen molar-refractivity contribution in [1.29, 1.82) is 0 Å². The minimum Gasteiger partial charge on any atom is -0.441 e. The zero-order chi connectivity index (χ0) is 17.2. The maximum absolute atomic E-state index is 12.1. The molecule has 0 atom stereocenters. The first-order chi connectivity index (χ1) is 11.5. The Balaban J connectivity index is 1.67. The molecule has 1 aromatic carbocycles. The number of aromatic nitrogens is 1. The zero-order valence-corrected chi connectivity index (χ0v) is 15.1. The lowest BCUT2D eigenvalue weighted by molar-refractivity contribution is 0.538. The Morgan fingerprint density at radius 3 is 2.58 bits per heavy atom. The molecule has 0 saturated heterocycles. The number of aryl methyl sites for hydroxylation is 2. The minimum atomic E-state index is -3.44. The molecule has 0 saturated carbocycles. The number of hydrogen-bond acceptors (Lipinski definition) is 5. The van der Waals surface area contributed by atoms with Crippen LogP contribution in [-0.4, -0.2) is 19.9 Å². The van der Waals surface area contributed by atoms with Gasteiger partial charge in [-0.2, -0.15) is 0 Å². The lowest BCUT2D eigenvalue weighted by Crippen LogP contribution is -2.25. The maximum Gasteiger partial charge on any atom is 0.250 e. The molecule has 0 spiro atoms. The van der Waals surface area contributed by atoms with E-state index in [-0.39, 0.29) is 6.54 Å². The average molecular weight is 362 g/mol. The summed E-state index contributed by atoms with van der Waals surface area (Å²) in [5.74, 6) is 1.27. The van der Waals surface area contributed by atoms with Crippen LogP contribution in [-0.2, 0) is 16.4 Å². The second kappa shape index (κ2) is 6.88. The van der Waals surface area contributed by atoms with E-state index in [1.54, 1.807) is 17.5 Å². The number of benzene rings is 1. The number of oxazole rings is 1. The summed E-state index contributed by atoms with van der Waals surface area (Å²) in [7, 11) is -3.44. The van der Waals surface area contributed by atoms with Crippen LogP contribution in [0, 0.1) is 13.8 Å². The van der Waals surface area contributed by atoms with Crippen LogP contribution >= 0.6 is 11.3 Å². The van der Waals surface area contributed by atoms with Gasteiger partial charge in [-0.3, -0.25) is 0 Å². The molecule has 1 N–H and O–H groups in total. The Kier molecular flexibility index (Phi) is 4.84. The summed E-state index contributed by atoms with van der Waals surface area (Å²) >= 11 is 1.20. The van der Waals surface area contributed by atoms with E-state index in [0.29, 0.717) is 22.3 Å². The van der Waals surface area contributed by atoms with Crippen molar-refractivity contribution in [2.24, 2.45) is 0 Å². The van der Waals surface area contributed by atoms with Gasteiger partial charge in [0.25, 0.3) is 0 Å². The van der Waals surface area contributed by atoms with E-state index in [9.17, 15) is 8.42 Å². The summed E-state index contributed by atoms with van der Waals surface area (Å²) in [4.78, 5) is 4.49. The minimum absolute atomic E-state index is 0.279. The quantitative estimate of drug-likeness (QED) is 0.728. The highest BCUT2D eigenvalue weighted by atomic mass is 32.2. The number of nitrogens with one attached hydrogen (secondary N) is 1. The molecule has 0 aliphatic heterocycles. The van der Waals surface area contributed by atoms with E-state index in [4.69, 9.17) is 4.42 Å². The van der Waals surface area contributed by atoms with Crippen LogP contribution in [0.4, 0.5) is 0 Å². The summed E-state index contributed by atoms with van der Waals surface area (Å²) in [5, 5.41) is 1.74. The first-order valence-corrected chi connectivity index (χ1v) is 9.88. The van der Waals surface area contributed by atoms with Crippen molar-refractivity contribution >= 4 is 21.4 Å². The zero-order valence-electron chi connectivity index (χ0n) is 13.4. The van der Waals surface area contributed by atoms with Crippen LogP contribution in [0.1, 0.15) is 17.0 Å². The largest absolute Gasteiger partial charge is 0.441 e. The Bertz CT molecular complexity index is 911. The molecule has 0 radical (unpaired) electrons. The molecule has 0 amide bonds. The van der Waals surface area contributed by atoms with E-state index in [1.807, 2.05) is 38.1 Å².